The third-order valence-corrected chi connectivity index (χ3v) is 5.68. The fourth-order valence-corrected chi connectivity index (χ4v) is 4.09. The molecular formula is C23H22N2S. The highest BCUT2D eigenvalue weighted by Gasteiger charge is 2.12. The minimum atomic E-state index is 0.935. The SMILES string of the molecule is C(#Cc1cnc2ccccc2c1)CCCN1CC=C(c2cccs2)CC1. The van der Waals surface area contributed by atoms with Crippen LogP contribution in [-0.2, 0) is 0 Å². The normalized spacial score (nSPS) is 14.7. The standard InChI is InChI=1S/C23H22N2S/c1(2-7-19-17-21-8-3-4-9-22(21)24-18-19)5-13-25-14-11-20(12-15-25)23-10-6-16-26-23/h3-4,6,8-11,16-18H,1,5,12-15H2. The van der Waals surface area contributed by atoms with E-state index in [0.717, 1.165) is 55.4 Å². The molecule has 0 radical (unpaired) electrons. The molecule has 0 saturated carbocycles. The average molecular weight is 359 g/mol. The average Bonchev–Trinajstić information content (AvgIpc) is 3.23. The molecule has 0 fully saturated rings. The molecule has 0 bridgehead atoms. The van der Waals surface area contributed by atoms with Crippen LogP contribution in [0.3, 0.4) is 0 Å². The molecule has 0 unspecified atom stereocenters. The second-order valence-corrected chi connectivity index (χ2v) is 7.53. The lowest BCUT2D eigenvalue weighted by Gasteiger charge is -2.25. The highest BCUT2D eigenvalue weighted by molar-refractivity contribution is 7.11. The van der Waals surface area contributed by atoms with Gasteiger partial charge in [-0.3, -0.25) is 9.88 Å². The van der Waals surface area contributed by atoms with E-state index in [-0.39, 0.29) is 0 Å². The van der Waals surface area contributed by atoms with Crippen LogP contribution in [0.4, 0.5) is 0 Å². The maximum atomic E-state index is 4.47. The van der Waals surface area contributed by atoms with Gasteiger partial charge in [-0.05, 0) is 48.5 Å². The van der Waals surface area contributed by atoms with Crippen LogP contribution in [0.1, 0.15) is 29.7 Å². The number of rotatable bonds is 4. The largest absolute Gasteiger partial charge is 0.299 e. The Kier molecular flexibility index (Phi) is 5.44. The third-order valence-electron chi connectivity index (χ3n) is 4.73. The quantitative estimate of drug-likeness (QED) is 0.470. The van der Waals surface area contributed by atoms with Crippen LogP contribution in [0.15, 0.2) is 60.1 Å². The molecule has 4 rings (SSSR count). The molecule has 1 aromatic carbocycles. The highest BCUT2D eigenvalue weighted by Crippen LogP contribution is 2.26. The number of para-hydroxylation sites is 1. The summed E-state index contributed by atoms with van der Waals surface area (Å²) in [5.74, 6) is 6.57. The molecule has 0 saturated heterocycles. The van der Waals surface area contributed by atoms with Crippen LogP contribution in [0.2, 0.25) is 0 Å². The summed E-state index contributed by atoms with van der Waals surface area (Å²) < 4.78 is 0. The summed E-state index contributed by atoms with van der Waals surface area (Å²) in [5, 5.41) is 3.31. The van der Waals surface area contributed by atoms with Gasteiger partial charge in [0, 0.05) is 41.5 Å². The molecule has 2 nitrogen and oxygen atoms in total. The first-order valence-electron chi connectivity index (χ1n) is 9.17. The van der Waals surface area contributed by atoms with Crippen molar-refractivity contribution in [1.29, 1.82) is 0 Å². The maximum absolute atomic E-state index is 4.47. The predicted octanol–water partition coefficient (Wildman–Crippen LogP) is 5.22. The minimum Gasteiger partial charge on any atom is -0.299 e. The van der Waals surface area contributed by atoms with Gasteiger partial charge >= 0.3 is 0 Å². The van der Waals surface area contributed by atoms with Gasteiger partial charge in [0.1, 0.15) is 0 Å². The number of pyridine rings is 1. The Hall–Kier alpha value is -2.41. The fourth-order valence-electron chi connectivity index (χ4n) is 3.29. The Morgan fingerprint density at radius 1 is 1.15 bits per heavy atom. The molecule has 0 N–H and O–H groups in total. The molecule has 2 aromatic heterocycles. The van der Waals surface area contributed by atoms with Gasteiger partial charge in [0.25, 0.3) is 0 Å². The summed E-state index contributed by atoms with van der Waals surface area (Å²) in [6.07, 6.45) is 7.48. The fraction of sp³-hybridized carbons (Fsp3) is 0.261. The van der Waals surface area contributed by atoms with Gasteiger partial charge < -0.3 is 0 Å². The Labute approximate surface area is 159 Å². The lowest BCUT2D eigenvalue weighted by molar-refractivity contribution is 0.299. The zero-order valence-electron chi connectivity index (χ0n) is 14.8. The Morgan fingerprint density at radius 3 is 2.96 bits per heavy atom. The van der Waals surface area contributed by atoms with E-state index in [1.165, 1.54) is 10.5 Å². The molecule has 26 heavy (non-hydrogen) atoms. The van der Waals surface area contributed by atoms with Crippen molar-refractivity contribution in [3.8, 4) is 11.8 Å². The molecule has 130 valence electrons. The van der Waals surface area contributed by atoms with Crippen molar-refractivity contribution in [1.82, 2.24) is 9.88 Å². The van der Waals surface area contributed by atoms with E-state index >= 15 is 0 Å². The molecule has 0 amide bonds. The first-order chi connectivity index (χ1) is 12.9. The summed E-state index contributed by atoms with van der Waals surface area (Å²) in [5.41, 5.74) is 3.54. The van der Waals surface area contributed by atoms with Crippen LogP contribution in [0, 0.1) is 11.8 Å². The van der Waals surface area contributed by atoms with Crippen molar-refractivity contribution >= 4 is 27.8 Å². The van der Waals surface area contributed by atoms with E-state index in [9.17, 15) is 0 Å². The van der Waals surface area contributed by atoms with Crippen LogP contribution >= 0.6 is 11.3 Å². The summed E-state index contributed by atoms with van der Waals surface area (Å²) in [6, 6.07) is 14.7. The Bertz CT molecular complexity index is 961. The summed E-state index contributed by atoms with van der Waals surface area (Å²) in [7, 11) is 0. The van der Waals surface area contributed by atoms with Crippen LogP contribution < -0.4 is 0 Å². The molecule has 1 aliphatic rings. The van der Waals surface area contributed by atoms with E-state index in [0.29, 0.717) is 0 Å². The molecule has 0 aliphatic carbocycles. The molecule has 1 aliphatic heterocycles. The van der Waals surface area contributed by atoms with Crippen molar-refractivity contribution in [2.24, 2.45) is 0 Å². The molecule has 3 aromatic rings. The lowest BCUT2D eigenvalue weighted by Crippen LogP contribution is -2.29. The topological polar surface area (TPSA) is 16.1 Å². The van der Waals surface area contributed by atoms with Crippen LogP contribution in [0.5, 0.6) is 0 Å². The number of thiophene rings is 1. The Balaban J connectivity index is 1.25. The second kappa shape index (κ2) is 8.31. The van der Waals surface area contributed by atoms with E-state index in [4.69, 9.17) is 0 Å². The van der Waals surface area contributed by atoms with Gasteiger partial charge in [0.15, 0.2) is 0 Å². The zero-order chi connectivity index (χ0) is 17.6. The Morgan fingerprint density at radius 2 is 2.12 bits per heavy atom. The van der Waals surface area contributed by atoms with Crippen molar-refractivity contribution in [3.63, 3.8) is 0 Å². The van der Waals surface area contributed by atoms with Gasteiger partial charge in [-0.2, -0.15) is 0 Å². The van der Waals surface area contributed by atoms with E-state index in [1.807, 2.05) is 35.7 Å². The van der Waals surface area contributed by atoms with Crippen LogP contribution in [-0.4, -0.2) is 29.5 Å². The van der Waals surface area contributed by atoms with E-state index in [2.05, 4.69) is 57.4 Å². The van der Waals surface area contributed by atoms with Gasteiger partial charge in [-0.15, -0.1) is 11.3 Å². The van der Waals surface area contributed by atoms with Gasteiger partial charge in [0.05, 0.1) is 5.52 Å². The molecule has 3 heteroatoms. The number of benzene rings is 1. The molecule has 0 atom stereocenters. The number of hydrogen-bond donors (Lipinski definition) is 0. The number of hydrogen-bond acceptors (Lipinski definition) is 3. The summed E-state index contributed by atoms with van der Waals surface area (Å²) in [4.78, 5) is 8.42. The van der Waals surface area contributed by atoms with Crippen molar-refractivity contribution in [2.75, 3.05) is 19.6 Å². The number of unbranched alkanes of at least 4 members (excludes halogenated alkanes) is 1. The monoisotopic (exact) mass is 358 g/mol. The smallest absolute Gasteiger partial charge is 0.0702 e. The highest BCUT2D eigenvalue weighted by atomic mass is 32.1. The second-order valence-electron chi connectivity index (χ2n) is 6.58. The molecule has 3 heterocycles. The van der Waals surface area contributed by atoms with Crippen molar-refractivity contribution in [2.45, 2.75) is 19.3 Å². The molecular weight excluding hydrogens is 336 g/mol. The van der Waals surface area contributed by atoms with Crippen molar-refractivity contribution in [3.05, 3.63) is 70.6 Å². The van der Waals surface area contributed by atoms with E-state index < -0.39 is 0 Å². The number of aromatic nitrogens is 1. The van der Waals surface area contributed by atoms with E-state index in [1.54, 1.807) is 0 Å². The summed E-state index contributed by atoms with van der Waals surface area (Å²) >= 11 is 1.84. The van der Waals surface area contributed by atoms with Gasteiger partial charge in [0.2, 0.25) is 0 Å². The van der Waals surface area contributed by atoms with Crippen molar-refractivity contribution < 1.29 is 0 Å². The first-order valence-corrected chi connectivity index (χ1v) is 10.1. The number of nitrogens with zero attached hydrogens (tertiary/aromatic N) is 2. The van der Waals surface area contributed by atoms with Gasteiger partial charge in [-0.1, -0.05) is 42.2 Å². The third kappa shape index (κ3) is 4.22. The minimum absolute atomic E-state index is 0.935. The summed E-state index contributed by atoms with van der Waals surface area (Å²) in [6.45, 7) is 3.35. The maximum Gasteiger partial charge on any atom is 0.0702 e. The predicted molar refractivity (Wildman–Crippen MR) is 111 cm³/mol. The first kappa shape index (κ1) is 17.0. The molecule has 0 spiro atoms. The van der Waals surface area contributed by atoms with Gasteiger partial charge in [-0.25, -0.2) is 0 Å². The lowest BCUT2D eigenvalue weighted by atomic mass is 10.1. The zero-order valence-corrected chi connectivity index (χ0v) is 15.6. The number of fused-ring (bicyclic) bond motifs is 1. The van der Waals surface area contributed by atoms with Crippen LogP contribution in [0.25, 0.3) is 16.5 Å².